The molecular formula is C16H34Cl2O6P2. The Morgan fingerprint density at radius 2 is 1.27 bits per heavy atom. The third-order valence-corrected chi connectivity index (χ3v) is 10.5. The second-order valence-corrected chi connectivity index (χ2v) is 14.1. The molecule has 0 radical (unpaired) electrons. The van der Waals surface area contributed by atoms with Crippen molar-refractivity contribution in [3.05, 3.63) is 0 Å². The Labute approximate surface area is 167 Å². The van der Waals surface area contributed by atoms with Crippen molar-refractivity contribution in [3.63, 3.8) is 0 Å². The number of alkyl halides is 2. The molecule has 3 N–H and O–H groups in total. The van der Waals surface area contributed by atoms with Crippen molar-refractivity contribution >= 4 is 38.4 Å². The minimum Gasteiger partial charge on any atom is -0.322 e. The van der Waals surface area contributed by atoms with Gasteiger partial charge in [-0.1, -0.05) is 89.4 Å². The van der Waals surface area contributed by atoms with Crippen LogP contribution in [0.15, 0.2) is 0 Å². The minimum atomic E-state index is -5.21. The molecule has 0 fully saturated rings. The predicted octanol–water partition coefficient (Wildman–Crippen LogP) is 6.11. The lowest BCUT2D eigenvalue weighted by Crippen LogP contribution is -2.16. The van der Waals surface area contributed by atoms with E-state index in [0.717, 1.165) is 25.2 Å². The van der Waals surface area contributed by atoms with Crippen molar-refractivity contribution in [2.45, 2.75) is 76.5 Å². The highest BCUT2D eigenvalue weighted by Crippen LogP contribution is 2.75. The van der Waals surface area contributed by atoms with Crippen LogP contribution < -0.4 is 0 Å². The highest BCUT2D eigenvalue weighted by atomic mass is 35.5. The van der Waals surface area contributed by atoms with Gasteiger partial charge < -0.3 is 19.2 Å². The molecule has 0 saturated carbocycles. The van der Waals surface area contributed by atoms with Gasteiger partial charge in [0.2, 0.25) is 0 Å². The van der Waals surface area contributed by atoms with Crippen LogP contribution in [0, 0.1) is 17.8 Å². The van der Waals surface area contributed by atoms with E-state index in [1.54, 1.807) is 0 Å². The molecule has 0 aromatic carbocycles. The van der Waals surface area contributed by atoms with Crippen molar-refractivity contribution in [2.24, 2.45) is 17.8 Å². The van der Waals surface area contributed by atoms with Gasteiger partial charge in [0.1, 0.15) is 0 Å². The summed E-state index contributed by atoms with van der Waals surface area (Å²) in [4.78, 5) is 27.6. The average Bonchev–Trinajstić information content (AvgIpc) is 2.45. The normalized spacial score (nSPS) is 17.9. The quantitative estimate of drug-likeness (QED) is 0.216. The summed E-state index contributed by atoms with van der Waals surface area (Å²) in [7, 11) is -10.1. The van der Waals surface area contributed by atoms with E-state index in [1.165, 1.54) is 19.3 Å². The molecule has 0 aromatic heterocycles. The average molecular weight is 455 g/mol. The maximum absolute atomic E-state index is 11.9. The predicted molar refractivity (Wildman–Crippen MR) is 108 cm³/mol. The zero-order valence-corrected chi connectivity index (χ0v) is 19.4. The number of hydrogen-bond acceptors (Lipinski definition) is 3. The summed E-state index contributed by atoms with van der Waals surface area (Å²) >= 11 is 10.7. The molecule has 0 rings (SSSR count). The Balaban J connectivity index is 4.08. The molecular weight excluding hydrogens is 421 g/mol. The fourth-order valence-electron chi connectivity index (χ4n) is 2.60. The van der Waals surface area contributed by atoms with Crippen LogP contribution in [0.1, 0.15) is 72.6 Å². The molecule has 6 nitrogen and oxygen atoms in total. The largest absolute Gasteiger partial charge is 0.376 e. The molecule has 0 bridgehead atoms. The first-order chi connectivity index (χ1) is 11.7. The molecule has 2 unspecified atom stereocenters. The lowest BCUT2D eigenvalue weighted by molar-refractivity contribution is 0.233. The maximum Gasteiger partial charge on any atom is 0.376 e. The van der Waals surface area contributed by atoms with Crippen LogP contribution in [0.2, 0.25) is 0 Å². The van der Waals surface area contributed by atoms with Crippen molar-refractivity contribution < 1.29 is 28.3 Å². The molecule has 158 valence electrons. The minimum absolute atomic E-state index is 0.139. The molecule has 0 aromatic rings. The van der Waals surface area contributed by atoms with Gasteiger partial charge in [0.05, 0.1) is 6.61 Å². The number of rotatable bonds is 14. The summed E-state index contributed by atoms with van der Waals surface area (Å²) in [6.07, 6.45) is 7.41. The highest BCUT2D eigenvalue weighted by molar-refractivity contribution is 7.78. The van der Waals surface area contributed by atoms with E-state index in [0.29, 0.717) is 12.3 Å². The zero-order chi connectivity index (χ0) is 20.6. The molecule has 0 amide bonds. The number of hydrogen-bond donors (Lipinski definition) is 3. The van der Waals surface area contributed by atoms with Gasteiger partial charge >= 0.3 is 19.0 Å². The van der Waals surface area contributed by atoms with Gasteiger partial charge in [-0.05, 0) is 24.2 Å². The smallest absolute Gasteiger partial charge is 0.322 e. The lowest BCUT2D eigenvalue weighted by Gasteiger charge is -2.25. The Bertz CT molecular complexity index is 495. The summed E-state index contributed by atoms with van der Waals surface area (Å²) in [5.74, 6) is 1.69. The van der Waals surface area contributed by atoms with E-state index < -0.39 is 19.0 Å². The standard InChI is InChI=1S/C16H34Cl2O6P2/c1-13(2)7-5-8-14(3)9-6-10-15(4)11-12-24-26(22,23)16(17,18)25(19,20)21/h13-15H,5-12H2,1-4H3,(H,22,23)(H2,19,20,21)/t14-,15?/m0/s1. The lowest BCUT2D eigenvalue weighted by atomic mass is 9.93. The Kier molecular flexibility index (Phi) is 12.2. The molecule has 10 heteroatoms. The Morgan fingerprint density at radius 1 is 0.846 bits per heavy atom. The van der Waals surface area contributed by atoms with Gasteiger partial charge in [-0.25, -0.2) is 0 Å². The maximum atomic E-state index is 11.9. The number of halogens is 2. The van der Waals surface area contributed by atoms with Crippen LogP contribution in [-0.2, 0) is 13.7 Å². The fraction of sp³-hybridized carbons (Fsp3) is 1.00. The van der Waals surface area contributed by atoms with E-state index in [2.05, 4.69) is 20.8 Å². The molecule has 0 saturated heterocycles. The first-order valence-electron chi connectivity index (χ1n) is 9.11. The SMILES string of the molecule is CC(C)CCC[C@H](C)CCCC(C)CCOP(=O)(O)C(Cl)(Cl)P(=O)(O)O. The van der Waals surface area contributed by atoms with E-state index >= 15 is 0 Å². The molecule has 3 atom stereocenters. The van der Waals surface area contributed by atoms with Gasteiger partial charge in [0, 0.05) is 0 Å². The van der Waals surface area contributed by atoms with E-state index in [-0.39, 0.29) is 12.5 Å². The van der Waals surface area contributed by atoms with Crippen molar-refractivity contribution in [3.8, 4) is 0 Å². The van der Waals surface area contributed by atoms with Crippen LogP contribution in [0.5, 0.6) is 0 Å². The second kappa shape index (κ2) is 11.8. The summed E-state index contributed by atoms with van der Waals surface area (Å²) in [5, 5.41) is 0. The molecule has 0 aliphatic carbocycles. The van der Waals surface area contributed by atoms with Gasteiger partial charge in [-0.2, -0.15) is 0 Å². The molecule has 0 spiro atoms. The van der Waals surface area contributed by atoms with Crippen molar-refractivity contribution in [1.29, 1.82) is 0 Å². The Hall–Kier alpha value is 0.880. The third kappa shape index (κ3) is 9.89. The van der Waals surface area contributed by atoms with E-state index in [4.69, 9.17) is 37.5 Å². The van der Waals surface area contributed by atoms with Crippen LogP contribution >= 0.6 is 38.4 Å². The molecule has 0 aliphatic rings. The third-order valence-electron chi connectivity index (χ3n) is 4.44. The van der Waals surface area contributed by atoms with E-state index in [9.17, 15) is 14.0 Å². The zero-order valence-electron chi connectivity index (χ0n) is 16.1. The van der Waals surface area contributed by atoms with Crippen LogP contribution in [0.4, 0.5) is 0 Å². The van der Waals surface area contributed by atoms with Gasteiger partial charge in [-0.3, -0.25) is 9.13 Å². The van der Waals surface area contributed by atoms with Crippen molar-refractivity contribution in [1.82, 2.24) is 0 Å². The summed E-state index contributed by atoms with van der Waals surface area (Å²) in [5.41, 5.74) is 0. The van der Waals surface area contributed by atoms with E-state index in [1.807, 2.05) is 6.92 Å². The first kappa shape index (κ1) is 26.9. The topological polar surface area (TPSA) is 104 Å². The van der Waals surface area contributed by atoms with Gasteiger partial charge in [-0.15, -0.1) is 0 Å². The van der Waals surface area contributed by atoms with Gasteiger partial charge in [0.15, 0.2) is 0 Å². The highest BCUT2D eigenvalue weighted by Gasteiger charge is 2.60. The summed E-state index contributed by atoms with van der Waals surface area (Å²) in [6, 6.07) is 0. The van der Waals surface area contributed by atoms with Gasteiger partial charge in [0.25, 0.3) is 0 Å². The molecule has 0 aliphatic heterocycles. The van der Waals surface area contributed by atoms with Crippen LogP contribution in [0.3, 0.4) is 0 Å². The molecule has 26 heavy (non-hydrogen) atoms. The monoisotopic (exact) mass is 454 g/mol. The van der Waals surface area contributed by atoms with Crippen LogP contribution in [-0.4, -0.2) is 25.1 Å². The Morgan fingerprint density at radius 3 is 1.69 bits per heavy atom. The molecule has 0 heterocycles. The fourth-order valence-corrected chi connectivity index (χ4v) is 4.89. The second-order valence-electron chi connectivity index (χ2n) is 7.66. The summed E-state index contributed by atoms with van der Waals surface area (Å²) < 4.78 is 24.6. The van der Waals surface area contributed by atoms with Crippen molar-refractivity contribution in [2.75, 3.05) is 6.61 Å². The first-order valence-corrected chi connectivity index (χ1v) is 13.1. The summed E-state index contributed by atoms with van der Waals surface area (Å²) in [6.45, 7) is 8.60. The van der Waals surface area contributed by atoms with Crippen LogP contribution in [0.25, 0.3) is 0 Å².